The molecule has 244 valence electrons. The van der Waals surface area contributed by atoms with E-state index >= 15 is 0 Å². The fourth-order valence-corrected chi connectivity index (χ4v) is 5.06. The van der Waals surface area contributed by atoms with E-state index in [-0.39, 0.29) is 49.4 Å². The second kappa shape index (κ2) is 15.9. The van der Waals surface area contributed by atoms with Crippen LogP contribution < -0.4 is 20.1 Å². The number of hydrogen-bond donors (Lipinski definition) is 2. The molecule has 1 saturated heterocycles. The fraction of sp³-hybridized carbons (Fsp3) is 0.158. The number of benzene rings is 4. The van der Waals surface area contributed by atoms with Crippen molar-refractivity contribution < 1.29 is 28.7 Å². The summed E-state index contributed by atoms with van der Waals surface area (Å²) in [6.45, 7) is 0.866. The zero-order valence-corrected chi connectivity index (χ0v) is 26.7. The summed E-state index contributed by atoms with van der Waals surface area (Å²) in [6, 6.07) is 31.5. The quantitative estimate of drug-likeness (QED) is 0.244. The molecule has 4 aromatic rings. The number of nitrogens with zero attached hydrogens (tertiary/aromatic N) is 2. The summed E-state index contributed by atoms with van der Waals surface area (Å²) >= 11 is 0. The number of rotatable bonds is 10. The van der Waals surface area contributed by atoms with Gasteiger partial charge in [0, 0.05) is 37.3 Å². The Hall–Kier alpha value is -6.16. The summed E-state index contributed by atoms with van der Waals surface area (Å²) in [5, 5.41) is 5.57. The summed E-state index contributed by atoms with van der Waals surface area (Å²) in [5.74, 6) is -0.272. The van der Waals surface area contributed by atoms with Gasteiger partial charge < -0.3 is 29.9 Å². The summed E-state index contributed by atoms with van der Waals surface area (Å²) < 4.78 is 10.5. The highest BCUT2D eigenvalue weighted by atomic mass is 16.5. The van der Waals surface area contributed by atoms with Crippen molar-refractivity contribution in [3.63, 3.8) is 0 Å². The third-order valence-corrected chi connectivity index (χ3v) is 7.74. The summed E-state index contributed by atoms with van der Waals surface area (Å²) in [5.41, 5.74) is 2.42. The standard InChI is InChI=1S/C38H36N4O6/c1-47-31-17-13-27(14-18-31)25-33(39-35(43)29-9-5-3-6-10-29)37(45)41-21-23-42(24-22-41)38(46)34(26-28-15-19-32(48-2)20-16-28)40-36(44)30-11-7-4-8-12-30/h3-20,25-26H,21-24H2,1-2H3,(H,39,43)(H,40,44)/b33-25+,34-26+. The normalized spacial score (nSPS) is 13.4. The van der Waals surface area contributed by atoms with Gasteiger partial charge in [-0.25, -0.2) is 0 Å². The van der Waals surface area contributed by atoms with Crippen LogP contribution in [0.25, 0.3) is 12.2 Å². The molecule has 0 saturated carbocycles. The third-order valence-electron chi connectivity index (χ3n) is 7.74. The molecule has 0 aliphatic carbocycles. The van der Waals surface area contributed by atoms with Crippen molar-refractivity contribution in [1.82, 2.24) is 20.4 Å². The van der Waals surface area contributed by atoms with E-state index < -0.39 is 11.8 Å². The second-order valence-corrected chi connectivity index (χ2v) is 10.9. The zero-order valence-electron chi connectivity index (χ0n) is 26.7. The number of amides is 4. The Bertz CT molecular complexity index is 1660. The Morgan fingerprint density at radius 1 is 0.521 bits per heavy atom. The first-order chi connectivity index (χ1) is 23.3. The summed E-state index contributed by atoms with van der Waals surface area (Å²) in [7, 11) is 3.14. The molecule has 0 atom stereocenters. The van der Waals surface area contributed by atoms with Crippen LogP contribution in [0.3, 0.4) is 0 Å². The Morgan fingerprint density at radius 2 is 0.854 bits per heavy atom. The molecule has 1 heterocycles. The molecule has 0 aromatic heterocycles. The largest absolute Gasteiger partial charge is 0.497 e. The van der Waals surface area contributed by atoms with E-state index in [1.165, 1.54) is 0 Å². The highest BCUT2D eigenvalue weighted by Gasteiger charge is 2.29. The van der Waals surface area contributed by atoms with Crippen molar-refractivity contribution in [2.24, 2.45) is 0 Å². The molecular weight excluding hydrogens is 608 g/mol. The van der Waals surface area contributed by atoms with Gasteiger partial charge in [0.25, 0.3) is 23.6 Å². The molecule has 4 aromatic carbocycles. The lowest BCUT2D eigenvalue weighted by molar-refractivity contribution is -0.135. The number of nitrogens with one attached hydrogen (secondary N) is 2. The lowest BCUT2D eigenvalue weighted by atomic mass is 10.1. The van der Waals surface area contributed by atoms with Crippen LogP contribution in [0.5, 0.6) is 11.5 Å². The first-order valence-electron chi connectivity index (χ1n) is 15.4. The van der Waals surface area contributed by atoms with Gasteiger partial charge in [0.2, 0.25) is 0 Å². The van der Waals surface area contributed by atoms with Crippen LogP contribution in [0.4, 0.5) is 0 Å². The van der Waals surface area contributed by atoms with Crippen LogP contribution >= 0.6 is 0 Å². The molecule has 2 N–H and O–H groups in total. The lowest BCUT2D eigenvalue weighted by Gasteiger charge is -2.35. The van der Waals surface area contributed by atoms with Crippen LogP contribution in [-0.2, 0) is 9.59 Å². The topological polar surface area (TPSA) is 117 Å². The molecule has 1 aliphatic rings. The molecular formula is C38H36N4O6. The van der Waals surface area contributed by atoms with Gasteiger partial charge in [-0.1, -0.05) is 60.7 Å². The van der Waals surface area contributed by atoms with Crippen molar-refractivity contribution in [3.8, 4) is 11.5 Å². The smallest absolute Gasteiger partial charge is 0.270 e. The van der Waals surface area contributed by atoms with E-state index in [0.29, 0.717) is 33.8 Å². The molecule has 0 bridgehead atoms. The number of hydrogen-bond acceptors (Lipinski definition) is 6. The van der Waals surface area contributed by atoms with Crippen LogP contribution in [0.2, 0.25) is 0 Å². The number of carbonyl (C=O) groups is 4. The average Bonchev–Trinajstić information content (AvgIpc) is 3.15. The van der Waals surface area contributed by atoms with Crippen LogP contribution in [0.1, 0.15) is 31.8 Å². The van der Waals surface area contributed by atoms with Crippen molar-refractivity contribution in [3.05, 3.63) is 143 Å². The van der Waals surface area contributed by atoms with E-state index in [9.17, 15) is 19.2 Å². The molecule has 5 rings (SSSR count). The molecule has 0 spiro atoms. The summed E-state index contributed by atoms with van der Waals surface area (Å²) in [4.78, 5) is 57.0. The van der Waals surface area contributed by atoms with E-state index in [1.54, 1.807) is 133 Å². The Kier molecular flexibility index (Phi) is 11.0. The Morgan fingerprint density at radius 3 is 1.17 bits per heavy atom. The van der Waals surface area contributed by atoms with Crippen molar-refractivity contribution in [2.75, 3.05) is 40.4 Å². The van der Waals surface area contributed by atoms with Gasteiger partial charge >= 0.3 is 0 Å². The highest BCUT2D eigenvalue weighted by Crippen LogP contribution is 2.18. The SMILES string of the molecule is COc1ccc(/C=C(/NC(=O)c2ccccc2)C(=O)N2CCN(C(=O)/C(=C\c3ccc(OC)cc3)NC(=O)c3ccccc3)CC2)cc1. The van der Waals surface area contributed by atoms with Crippen LogP contribution in [0.15, 0.2) is 121 Å². The Labute approximate surface area is 279 Å². The van der Waals surface area contributed by atoms with Gasteiger partial charge in [-0.2, -0.15) is 0 Å². The van der Waals surface area contributed by atoms with E-state index in [4.69, 9.17) is 9.47 Å². The monoisotopic (exact) mass is 644 g/mol. The van der Waals surface area contributed by atoms with Gasteiger partial charge in [0.05, 0.1) is 14.2 Å². The predicted molar refractivity (Wildman–Crippen MR) is 183 cm³/mol. The molecule has 0 unspecified atom stereocenters. The van der Waals surface area contributed by atoms with Gasteiger partial charge in [-0.15, -0.1) is 0 Å². The number of methoxy groups -OCH3 is 2. The molecule has 0 radical (unpaired) electrons. The first-order valence-corrected chi connectivity index (χ1v) is 15.4. The van der Waals surface area contributed by atoms with Crippen molar-refractivity contribution in [1.29, 1.82) is 0 Å². The molecule has 10 nitrogen and oxygen atoms in total. The van der Waals surface area contributed by atoms with E-state index in [1.807, 2.05) is 12.1 Å². The van der Waals surface area contributed by atoms with Crippen LogP contribution in [-0.4, -0.2) is 73.8 Å². The van der Waals surface area contributed by atoms with Crippen molar-refractivity contribution in [2.45, 2.75) is 0 Å². The Balaban J connectivity index is 1.33. The predicted octanol–water partition coefficient (Wildman–Crippen LogP) is 4.62. The van der Waals surface area contributed by atoms with Gasteiger partial charge in [-0.3, -0.25) is 19.2 Å². The molecule has 4 amide bonds. The summed E-state index contributed by atoms with van der Waals surface area (Å²) in [6.07, 6.45) is 3.24. The highest BCUT2D eigenvalue weighted by molar-refractivity contribution is 6.06. The lowest BCUT2D eigenvalue weighted by Crippen LogP contribution is -2.53. The maximum atomic E-state index is 13.8. The van der Waals surface area contributed by atoms with Crippen molar-refractivity contribution >= 4 is 35.8 Å². The maximum absolute atomic E-state index is 13.8. The number of carbonyl (C=O) groups excluding carboxylic acids is 4. The van der Waals surface area contributed by atoms with Gasteiger partial charge in [0.15, 0.2) is 0 Å². The van der Waals surface area contributed by atoms with Crippen LogP contribution in [0, 0.1) is 0 Å². The average molecular weight is 645 g/mol. The fourth-order valence-electron chi connectivity index (χ4n) is 5.06. The molecule has 48 heavy (non-hydrogen) atoms. The van der Waals surface area contributed by atoms with E-state index in [0.717, 1.165) is 0 Å². The molecule has 10 heteroatoms. The number of piperazine rings is 1. The second-order valence-electron chi connectivity index (χ2n) is 10.9. The maximum Gasteiger partial charge on any atom is 0.270 e. The minimum atomic E-state index is -0.417. The van der Waals surface area contributed by atoms with Gasteiger partial charge in [0.1, 0.15) is 22.9 Å². The zero-order chi connectivity index (χ0) is 33.9. The molecule has 1 fully saturated rings. The minimum Gasteiger partial charge on any atom is -0.497 e. The van der Waals surface area contributed by atoms with E-state index in [2.05, 4.69) is 10.6 Å². The third kappa shape index (κ3) is 8.55. The minimum absolute atomic E-state index is 0.101. The number of ether oxygens (including phenoxy) is 2. The first kappa shape index (κ1) is 33.2. The molecule has 1 aliphatic heterocycles. The van der Waals surface area contributed by atoms with Gasteiger partial charge in [-0.05, 0) is 71.8 Å².